The highest BCUT2D eigenvalue weighted by molar-refractivity contribution is 14.0. The zero-order chi connectivity index (χ0) is 20.6. The fourth-order valence-electron chi connectivity index (χ4n) is 2.48. The normalized spacial score (nSPS) is 12.8. The Labute approximate surface area is 186 Å². The van der Waals surface area contributed by atoms with Crippen LogP contribution in [0.25, 0.3) is 0 Å². The Morgan fingerprint density at radius 2 is 1.79 bits per heavy atom. The second-order valence-electron chi connectivity index (χ2n) is 5.93. The summed E-state index contributed by atoms with van der Waals surface area (Å²) in [6.07, 6.45) is -4.65. The van der Waals surface area contributed by atoms with Gasteiger partial charge in [-0.25, -0.2) is 4.39 Å². The minimum absolute atomic E-state index is 0. The van der Waals surface area contributed by atoms with E-state index in [9.17, 15) is 21.8 Å². The van der Waals surface area contributed by atoms with Crippen molar-refractivity contribution in [2.75, 3.05) is 19.3 Å². The molecule has 0 bridgehead atoms. The van der Waals surface area contributed by atoms with Crippen molar-refractivity contribution in [3.05, 3.63) is 71.0 Å². The summed E-state index contributed by atoms with van der Waals surface area (Å²) >= 11 is 0. The summed E-state index contributed by atoms with van der Waals surface area (Å²) in [5.41, 5.74) is -0.150. The lowest BCUT2D eigenvalue weighted by Gasteiger charge is -2.16. The van der Waals surface area contributed by atoms with Gasteiger partial charge >= 0.3 is 6.18 Å². The first-order valence-corrected chi connectivity index (χ1v) is 9.97. The molecule has 0 amide bonds. The third-order valence-corrected chi connectivity index (χ3v) is 5.15. The van der Waals surface area contributed by atoms with Crippen molar-refractivity contribution in [3.63, 3.8) is 0 Å². The molecule has 29 heavy (non-hydrogen) atoms. The van der Waals surface area contributed by atoms with Gasteiger partial charge in [-0.3, -0.25) is 9.20 Å². The number of halogens is 5. The lowest BCUT2D eigenvalue weighted by molar-refractivity contribution is -0.138. The van der Waals surface area contributed by atoms with E-state index in [2.05, 4.69) is 15.6 Å². The van der Waals surface area contributed by atoms with E-state index in [0.29, 0.717) is 24.1 Å². The monoisotopic (exact) mass is 543 g/mol. The van der Waals surface area contributed by atoms with E-state index < -0.39 is 28.4 Å². The predicted octanol–water partition coefficient (Wildman–Crippen LogP) is 4.08. The molecule has 0 aliphatic rings. The van der Waals surface area contributed by atoms with Crippen LogP contribution in [-0.4, -0.2) is 29.5 Å². The van der Waals surface area contributed by atoms with E-state index in [4.69, 9.17) is 0 Å². The molecule has 0 saturated carbocycles. The smallest absolute Gasteiger partial charge is 0.355 e. The summed E-state index contributed by atoms with van der Waals surface area (Å²) < 4.78 is 64.3. The van der Waals surface area contributed by atoms with Gasteiger partial charge in [0.15, 0.2) is 5.96 Å². The summed E-state index contributed by atoms with van der Waals surface area (Å²) in [5, 5.41) is 5.68. The molecule has 160 valence electrons. The first-order chi connectivity index (χ1) is 13.3. The fraction of sp³-hybridized carbons (Fsp3) is 0.316. The van der Waals surface area contributed by atoms with Gasteiger partial charge in [0, 0.05) is 42.4 Å². The molecule has 0 saturated heterocycles. The summed E-state index contributed by atoms with van der Waals surface area (Å²) in [6.45, 7) is 0.163. The van der Waals surface area contributed by atoms with Gasteiger partial charge < -0.3 is 10.6 Å². The number of aliphatic imine (C=N–C) groups is 1. The van der Waals surface area contributed by atoms with Crippen LogP contribution in [0.5, 0.6) is 0 Å². The van der Waals surface area contributed by atoms with Crippen molar-refractivity contribution in [1.29, 1.82) is 0 Å². The largest absolute Gasteiger partial charge is 0.416 e. The molecule has 0 aliphatic carbocycles. The Morgan fingerprint density at radius 3 is 2.41 bits per heavy atom. The first-order valence-electron chi connectivity index (χ1n) is 8.48. The molecule has 0 heterocycles. The second kappa shape index (κ2) is 12.1. The number of nitrogens with one attached hydrogen (secondary N) is 2. The fourth-order valence-corrected chi connectivity index (χ4v) is 3.52. The highest BCUT2D eigenvalue weighted by atomic mass is 127. The molecular formula is C19H22F4IN3OS. The molecule has 2 N–H and O–H groups in total. The first kappa shape index (κ1) is 25.3. The molecule has 4 nitrogen and oxygen atoms in total. The van der Waals surface area contributed by atoms with Crippen molar-refractivity contribution >= 4 is 40.7 Å². The van der Waals surface area contributed by atoms with Crippen LogP contribution in [0, 0.1) is 5.82 Å². The quantitative estimate of drug-likeness (QED) is 0.240. The summed E-state index contributed by atoms with van der Waals surface area (Å²) in [7, 11) is 0.395. The van der Waals surface area contributed by atoms with E-state index in [1.807, 2.05) is 30.3 Å². The molecule has 2 rings (SSSR count). The molecule has 0 aliphatic heterocycles. The van der Waals surface area contributed by atoms with Crippen LogP contribution >= 0.6 is 24.0 Å². The SMILES string of the molecule is CN=C(NCCS(=O)Cc1ccccc1)NCc1ccc(F)cc1C(F)(F)F.I. The number of hydrogen-bond acceptors (Lipinski definition) is 2. The van der Waals surface area contributed by atoms with Crippen LogP contribution in [0.2, 0.25) is 0 Å². The van der Waals surface area contributed by atoms with Gasteiger partial charge in [-0.05, 0) is 23.3 Å². The van der Waals surface area contributed by atoms with E-state index in [0.717, 1.165) is 17.7 Å². The summed E-state index contributed by atoms with van der Waals surface area (Å²) in [4.78, 5) is 3.93. The summed E-state index contributed by atoms with van der Waals surface area (Å²) in [6, 6.07) is 12.0. The van der Waals surface area contributed by atoms with Gasteiger partial charge in [0.1, 0.15) is 5.82 Å². The summed E-state index contributed by atoms with van der Waals surface area (Å²) in [5.74, 6) is 0.118. The molecule has 2 aromatic carbocycles. The number of guanidine groups is 1. The highest BCUT2D eigenvalue weighted by Crippen LogP contribution is 2.32. The van der Waals surface area contributed by atoms with E-state index >= 15 is 0 Å². The van der Waals surface area contributed by atoms with Crippen molar-refractivity contribution in [2.24, 2.45) is 4.99 Å². The minimum atomic E-state index is -4.65. The Kier molecular flexibility index (Phi) is 10.6. The molecule has 0 radical (unpaired) electrons. The van der Waals surface area contributed by atoms with Crippen LogP contribution in [0.15, 0.2) is 53.5 Å². The van der Waals surface area contributed by atoms with Crippen molar-refractivity contribution in [1.82, 2.24) is 10.6 Å². The number of hydrogen-bond donors (Lipinski definition) is 2. The molecule has 0 fully saturated rings. The number of rotatable bonds is 7. The maximum Gasteiger partial charge on any atom is 0.416 e. The Hall–Kier alpha value is -1.69. The Balaban J connectivity index is 0.00000420. The molecule has 0 aromatic heterocycles. The van der Waals surface area contributed by atoms with Crippen LogP contribution in [0.3, 0.4) is 0 Å². The van der Waals surface area contributed by atoms with Gasteiger partial charge in [0.25, 0.3) is 0 Å². The van der Waals surface area contributed by atoms with Crippen molar-refractivity contribution < 1.29 is 21.8 Å². The number of benzene rings is 2. The second-order valence-corrected chi connectivity index (χ2v) is 7.50. The Morgan fingerprint density at radius 1 is 1.10 bits per heavy atom. The van der Waals surface area contributed by atoms with Crippen LogP contribution in [0.4, 0.5) is 17.6 Å². The van der Waals surface area contributed by atoms with E-state index in [-0.39, 0.29) is 42.0 Å². The average Bonchev–Trinajstić information content (AvgIpc) is 2.65. The topological polar surface area (TPSA) is 53.5 Å². The van der Waals surface area contributed by atoms with Crippen LogP contribution in [-0.2, 0) is 29.3 Å². The third kappa shape index (κ3) is 8.69. The lowest BCUT2D eigenvalue weighted by Crippen LogP contribution is -2.39. The third-order valence-electron chi connectivity index (χ3n) is 3.84. The minimum Gasteiger partial charge on any atom is -0.355 e. The molecule has 10 heteroatoms. The van der Waals surface area contributed by atoms with Crippen molar-refractivity contribution in [2.45, 2.75) is 18.5 Å². The zero-order valence-electron chi connectivity index (χ0n) is 15.6. The van der Waals surface area contributed by atoms with Gasteiger partial charge in [-0.15, -0.1) is 24.0 Å². The van der Waals surface area contributed by atoms with Crippen molar-refractivity contribution in [3.8, 4) is 0 Å². The number of nitrogens with zero attached hydrogens (tertiary/aromatic N) is 1. The zero-order valence-corrected chi connectivity index (χ0v) is 18.8. The van der Waals surface area contributed by atoms with Gasteiger partial charge in [-0.2, -0.15) is 13.2 Å². The van der Waals surface area contributed by atoms with Gasteiger partial charge in [-0.1, -0.05) is 36.4 Å². The molecule has 2 aromatic rings. The predicted molar refractivity (Wildman–Crippen MR) is 118 cm³/mol. The maximum absolute atomic E-state index is 13.2. The maximum atomic E-state index is 13.2. The molecular weight excluding hydrogens is 521 g/mol. The van der Waals surface area contributed by atoms with E-state index in [1.165, 1.54) is 7.05 Å². The van der Waals surface area contributed by atoms with E-state index in [1.54, 1.807) is 0 Å². The molecule has 0 spiro atoms. The molecule has 1 atom stereocenters. The lowest BCUT2D eigenvalue weighted by atomic mass is 10.1. The average molecular weight is 543 g/mol. The van der Waals surface area contributed by atoms with Gasteiger partial charge in [0.05, 0.1) is 5.56 Å². The van der Waals surface area contributed by atoms with Crippen LogP contribution in [0.1, 0.15) is 16.7 Å². The number of alkyl halides is 3. The standard InChI is InChI=1S/C19H21F4N3OS.HI/c1-24-18(25-9-10-28(27)13-14-5-3-2-4-6-14)26-12-15-7-8-16(20)11-17(15)19(21,22)23;/h2-8,11H,9-10,12-13H2,1H3,(H2,24,25,26);1H. The highest BCUT2D eigenvalue weighted by Gasteiger charge is 2.33. The van der Waals surface area contributed by atoms with Crippen LogP contribution < -0.4 is 10.6 Å². The Bertz CT molecular complexity index is 832. The van der Waals surface area contributed by atoms with Gasteiger partial charge in [0.2, 0.25) is 0 Å². The molecule has 1 unspecified atom stereocenters.